The third kappa shape index (κ3) is 3.89. The molecule has 2 aliphatic rings. The minimum absolute atomic E-state index is 0.237. The van der Waals surface area contributed by atoms with E-state index in [1.165, 1.54) is 5.56 Å². The number of amides is 1. The Morgan fingerprint density at radius 1 is 1.31 bits per heavy atom. The van der Waals surface area contributed by atoms with Crippen LogP contribution in [0.3, 0.4) is 0 Å². The van der Waals surface area contributed by atoms with E-state index in [9.17, 15) is 4.79 Å². The van der Waals surface area contributed by atoms with Crippen LogP contribution < -0.4 is 0 Å². The standard InChI is InChI=1S/C21H32N2O3/c1-16(2)18-14-21(12-9-13-25-21)23(19(24)26-20(3,4)5)22(18)15-17-10-7-6-8-11-17/h6-8,10-11,16,18H,9,12-15H2,1-5H3. The van der Waals surface area contributed by atoms with Crippen LogP contribution in [-0.4, -0.2) is 40.1 Å². The van der Waals surface area contributed by atoms with E-state index in [1.54, 1.807) is 5.01 Å². The fraction of sp³-hybridized carbons (Fsp3) is 0.667. The van der Waals surface area contributed by atoms with Crippen molar-refractivity contribution < 1.29 is 14.3 Å². The topological polar surface area (TPSA) is 42.0 Å². The second-order valence-corrected chi connectivity index (χ2v) is 8.79. The molecule has 2 heterocycles. The maximum atomic E-state index is 13.2. The molecule has 0 aliphatic carbocycles. The van der Waals surface area contributed by atoms with E-state index in [2.05, 4.69) is 31.0 Å². The Hall–Kier alpha value is -1.59. The van der Waals surface area contributed by atoms with Gasteiger partial charge in [0.05, 0.1) is 0 Å². The summed E-state index contributed by atoms with van der Waals surface area (Å²) in [7, 11) is 0. The highest BCUT2D eigenvalue weighted by molar-refractivity contribution is 5.69. The first-order valence-corrected chi connectivity index (χ1v) is 9.69. The minimum atomic E-state index is -0.563. The number of hydrogen-bond acceptors (Lipinski definition) is 4. The molecule has 2 aliphatic heterocycles. The summed E-state index contributed by atoms with van der Waals surface area (Å²) in [5.41, 5.74) is 0.0822. The molecule has 5 heteroatoms. The number of benzene rings is 1. The molecule has 0 aromatic heterocycles. The van der Waals surface area contributed by atoms with Crippen LogP contribution in [0.1, 0.15) is 59.4 Å². The third-order valence-corrected chi connectivity index (χ3v) is 5.16. The highest BCUT2D eigenvalue weighted by atomic mass is 16.6. The largest absolute Gasteiger partial charge is 0.443 e. The summed E-state index contributed by atoms with van der Waals surface area (Å²) in [6.07, 6.45) is 2.36. The van der Waals surface area contributed by atoms with Gasteiger partial charge in [-0.2, -0.15) is 0 Å². The molecule has 5 nitrogen and oxygen atoms in total. The number of hydrogen-bond donors (Lipinski definition) is 0. The average Bonchev–Trinajstić information content (AvgIpc) is 3.12. The summed E-state index contributed by atoms with van der Waals surface area (Å²) in [5.74, 6) is 0.409. The maximum Gasteiger partial charge on any atom is 0.427 e. The number of rotatable bonds is 3. The Balaban J connectivity index is 1.95. The molecule has 0 radical (unpaired) electrons. The van der Waals surface area contributed by atoms with Gasteiger partial charge in [0.15, 0.2) is 5.72 Å². The van der Waals surface area contributed by atoms with Gasteiger partial charge in [-0.05, 0) is 45.1 Å². The van der Waals surface area contributed by atoms with Gasteiger partial charge in [-0.1, -0.05) is 44.2 Å². The molecule has 0 bridgehead atoms. The van der Waals surface area contributed by atoms with Gasteiger partial charge >= 0.3 is 6.09 Å². The van der Waals surface area contributed by atoms with Gasteiger partial charge in [0.1, 0.15) is 5.60 Å². The molecule has 2 unspecified atom stereocenters. The van der Waals surface area contributed by atoms with Crippen LogP contribution in [0.25, 0.3) is 0 Å². The lowest BCUT2D eigenvalue weighted by Gasteiger charge is -2.39. The molecular formula is C21H32N2O3. The summed E-state index contributed by atoms with van der Waals surface area (Å²) < 4.78 is 12.0. The van der Waals surface area contributed by atoms with E-state index in [-0.39, 0.29) is 12.1 Å². The Labute approximate surface area is 157 Å². The Morgan fingerprint density at radius 2 is 2.00 bits per heavy atom. The lowest BCUT2D eigenvalue weighted by molar-refractivity contribution is -0.165. The zero-order valence-corrected chi connectivity index (χ0v) is 16.7. The molecule has 2 fully saturated rings. The van der Waals surface area contributed by atoms with Crippen LogP contribution in [0.2, 0.25) is 0 Å². The van der Waals surface area contributed by atoms with Gasteiger partial charge < -0.3 is 9.47 Å². The summed E-state index contributed by atoms with van der Waals surface area (Å²) in [5, 5.41) is 3.97. The highest BCUT2D eigenvalue weighted by Crippen LogP contribution is 2.45. The van der Waals surface area contributed by atoms with Crippen molar-refractivity contribution in [3.63, 3.8) is 0 Å². The van der Waals surface area contributed by atoms with Crippen LogP contribution in [0.15, 0.2) is 30.3 Å². The number of carbonyl (C=O) groups excluding carboxylic acids is 1. The van der Waals surface area contributed by atoms with E-state index >= 15 is 0 Å². The van der Waals surface area contributed by atoms with Gasteiger partial charge in [-0.3, -0.25) is 0 Å². The molecule has 2 saturated heterocycles. The van der Waals surface area contributed by atoms with E-state index in [4.69, 9.17) is 9.47 Å². The summed E-state index contributed by atoms with van der Waals surface area (Å²) >= 11 is 0. The molecule has 26 heavy (non-hydrogen) atoms. The molecule has 0 N–H and O–H groups in total. The second-order valence-electron chi connectivity index (χ2n) is 8.79. The zero-order chi connectivity index (χ0) is 18.9. The third-order valence-electron chi connectivity index (χ3n) is 5.16. The smallest absolute Gasteiger partial charge is 0.427 e. The molecule has 3 rings (SSSR count). The zero-order valence-electron chi connectivity index (χ0n) is 16.7. The van der Waals surface area contributed by atoms with Crippen molar-refractivity contribution in [3.05, 3.63) is 35.9 Å². The van der Waals surface area contributed by atoms with Crippen molar-refractivity contribution in [2.24, 2.45) is 5.92 Å². The molecule has 1 amide bonds. The number of nitrogens with zero attached hydrogens (tertiary/aromatic N) is 2. The summed E-state index contributed by atoms with van der Waals surface area (Å²) in [6, 6.07) is 10.5. The molecule has 1 aromatic carbocycles. The van der Waals surface area contributed by atoms with Crippen molar-refractivity contribution in [3.8, 4) is 0 Å². The van der Waals surface area contributed by atoms with Crippen LogP contribution >= 0.6 is 0 Å². The predicted molar refractivity (Wildman–Crippen MR) is 101 cm³/mol. The van der Waals surface area contributed by atoms with Crippen molar-refractivity contribution in [1.29, 1.82) is 0 Å². The van der Waals surface area contributed by atoms with Gasteiger partial charge in [0.25, 0.3) is 0 Å². The molecule has 1 aromatic rings. The first-order chi connectivity index (χ1) is 12.2. The predicted octanol–water partition coefficient (Wildman–Crippen LogP) is 4.58. The molecule has 2 atom stereocenters. The van der Waals surface area contributed by atoms with Crippen molar-refractivity contribution in [2.45, 2.75) is 77.8 Å². The highest BCUT2D eigenvalue weighted by Gasteiger charge is 2.57. The first-order valence-electron chi connectivity index (χ1n) is 9.69. The summed E-state index contributed by atoms with van der Waals surface area (Å²) in [4.78, 5) is 13.2. The number of carbonyl (C=O) groups is 1. The van der Waals surface area contributed by atoms with Crippen molar-refractivity contribution >= 4 is 6.09 Å². The number of hydrazine groups is 1. The average molecular weight is 360 g/mol. The lowest BCUT2D eigenvalue weighted by Crippen LogP contribution is -2.55. The monoisotopic (exact) mass is 360 g/mol. The van der Waals surface area contributed by atoms with Crippen LogP contribution in [0.5, 0.6) is 0 Å². The van der Waals surface area contributed by atoms with Gasteiger partial charge in [-0.25, -0.2) is 14.8 Å². The summed E-state index contributed by atoms with van der Waals surface area (Å²) in [6.45, 7) is 11.5. The second kappa shape index (κ2) is 7.20. The molecule has 0 saturated carbocycles. The van der Waals surface area contributed by atoms with Crippen LogP contribution in [0.4, 0.5) is 4.79 Å². The molecular weight excluding hydrogens is 328 g/mol. The fourth-order valence-corrected chi connectivity index (χ4v) is 4.03. The first kappa shape index (κ1) is 19.2. The minimum Gasteiger partial charge on any atom is -0.443 e. The van der Waals surface area contributed by atoms with E-state index in [1.807, 2.05) is 39.0 Å². The van der Waals surface area contributed by atoms with Crippen molar-refractivity contribution in [1.82, 2.24) is 10.0 Å². The molecule has 144 valence electrons. The maximum absolute atomic E-state index is 13.2. The van der Waals surface area contributed by atoms with Crippen LogP contribution in [0, 0.1) is 5.92 Å². The fourth-order valence-electron chi connectivity index (χ4n) is 4.03. The molecule has 1 spiro atoms. The van der Waals surface area contributed by atoms with Gasteiger partial charge in [0, 0.05) is 25.6 Å². The SMILES string of the molecule is CC(C)C1CC2(CCCO2)N(C(=O)OC(C)(C)C)N1Cc1ccccc1. The van der Waals surface area contributed by atoms with Crippen LogP contribution in [-0.2, 0) is 16.0 Å². The van der Waals surface area contributed by atoms with E-state index in [0.717, 1.165) is 19.3 Å². The Bertz CT molecular complexity index is 618. The Morgan fingerprint density at radius 3 is 2.54 bits per heavy atom. The van der Waals surface area contributed by atoms with Gasteiger partial charge in [0.2, 0.25) is 0 Å². The van der Waals surface area contributed by atoms with E-state index in [0.29, 0.717) is 19.1 Å². The normalized spacial score (nSPS) is 26.8. The van der Waals surface area contributed by atoms with Crippen molar-refractivity contribution in [2.75, 3.05) is 6.61 Å². The quantitative estimate of drug-likeness (QED) is 0.791. The Kier molecular flexibility index (Phi) is 5.31. The van der Waals surface area contributed by atoms with E-state index < -0.39 is 11.3 Å². The van der Waals surface area contributed by atoms with Gasteiger partial charge in [-0.15, -0.1) is 0 Å². The number of ether oxygens (including phenoxy) is 2. The lowest BCUT2D eigenvalue weighted by atomic mass is 9.95.